The van der Waals surface area contributed by atoms with E-state index in [1.807, 2.05) is 6.92 Å². The average molecular weight is 219 g/mol. The maximum absolute atomic E-state index is 4.56. The molecule has 1 unspecified atom stereocenters. The maximum atomic E-state index is 4.56. The Hall–Kier alpha value is -1.12. The van der Waals surface area contributed by atoms with E-state index >= 15 is 0 Å². The zero-order chi connectivity index (χ0) is 11.9. The smallest absolute Gasteiger partial charge is 0.223 e. The molecule has 16 heavy (non-hydrogen) atoms. The van der Waals surface area contributed by atoms with Crippen molar-refractivity contribution in [2.24, 2.45) is 5.41 Å². The monoisotopic (exact) mass is 219 g/mol. The molecule has 1 aromatic rings. The van der Waals surface area contributed by atoms with Crippen molar-refractivity contribution >= 4 is 5.95 Å². The molecule has 3 heteroatoms. The van der Waals surface area contributed by atoms with Gasteiger partial charge in [-0.05, 0) is 30.7 Å². The second-order valence-corrected chi connectivity index (χ2v) is 5.80. The van der Waals surface area contributed by atoms with Crippen molar-refractivity contribution < 1.29 is 0 Å². The third-order valence-electron chi connectivity index (χ3n) is 3.28. The number of hydrogen-bond donors (Lipinski definition) is 1. The molecule has 88 valence electrons. The Labute approximate surface area is 97.7 Å². The molecule has 3 nitrogen and oxygen atoms in total. The van der Waals surface area contributed by atoms with Gasteiger partial charge in [-0.1, -0.05) is 27.7 Å². The van der Waals surface area contributed by atoms with Crippen LogP contribution in [0.2, 0.25) is 0 Å². The zero-order valence-electron chi connectivity index (χ0n) is 10.8. The predicted molar refractivity (Wildman–Crippen MR) is 66.7 cm³/mol. The van der Waals surface area contributed by atoms with E-state index in [-0.39, 0.29) is 0 Å². The van der Waals surface area contributed by atoms with Crippen LogP contribution in [0.25, 0.3) is 0 Å². The van der Waals surface area contributed by atoms with Crippen molar-refractivity contribution in [3.8, 4) is 0 Å². The largest absolute Gasteiger partial charge is 0.351 e. The molecule has 0 radical (unpaired) electrons. The van der Waals surface area contributed by atoms with E-state index in [9.17, 15) is 0 Å². The zero-order valence-corrected chi connectivity index (χ0v) is 10.8. The quantitative estimate of drug-likeness (QED) is 0.848. The van der Waals surface area contributed by atoms with E-state index < -0.39 is 0 Å². The van der Waals surface area contributed by atoms with E-state index in [1.165, 1.54) is 6.42 Å². The van der Waals surface area contributed by atoms with Gasteiger partial charge in [-0.3, -0.25) is 0 Å². The summed E-state index contributed by atoms with van der Waals surface area (Å²) in [7, 11) is 0. The highest BCUT2D eigenvalue weighted by Gasteiger charge is 2.46. The van der Waals surface area contributed by atoms with Crippen LogP contribution in [0.5, 0.6) is 0 Å². The molecule has 1 aromatic heterocycles. The molecule has 1 heterocycles. The van der Waals surface area contributed by atoms with Crippen molar-refractivity contribution in [2.75, 3.05) is 5.32 Å². The van der Waals surface area contributed by atoms with Crippen molar-refractivity contribution in [3.05, 3.63) is 17.5 Å². The standard InChI is InChI=1S/C13H21N3/c1-8(2)10-6-9(3)14-12(15-10)16-11-7-13(11,4)5/h6,8,11H,7H2,1-5H3,(H,14,15,16). The molecule has 0 spiro atoms. The van der Waals surface area contributed by atoms with Gasteiger partial charge >= 0.3 is 0 Å². The number of hydrogen-bond acceptors (Lipinski definition) is 3. The Balaban J connectivity index is 2.15. The summed E-state index contributed by atoms with van der Waals surface area (Å²) in [6.45, 7) is 10.9. The summed E-state index contributed by atoms with van der Waals surface area (Å²) in [6, 6.07) is 2.60. The normalized spacial score (nSPS) is 22.2. The lowest BCUT2D eigenvalue weighted by Gasteiger charge is -2.11. The number of rotatable bonds is 3. The summed E-state index contributed by atoms with van der Waals surface area (Å²) in [5.41, 5.74) is 2.57. The molecular weight excluding hydrogens is 198 g/mol. The molecule has 1 N–H and O–H groups in total. The minimum Gasteiger partial charge on any atom is -0.351 e. The van der Waals surface area contributed by atoms with Gasteiger partial charge in [0.15, 0.2) is 0 Å². The SMILES string of the molecule is Cc1cc(C(C)C)nc(NC2CC2(C)C)n1. The van der Waals surface area contributed by atoms with Crippen molar-refractivity contribution in [1.29, 1.82) is 0 Å². The first-order valence-corrected chi connectivity index (χ1v) is 6.00. The van der Waals surface area contributed by atoms with Crippen LogP contribution in [-0.2, 0) is 0 Å². The van der Waals surface area contributed by atoms with E-state index in [1.54, 1.807) is 0 Å². The van der Waals surface area contributed by atoms with E-state index in [0.717, 1.165) is 17.3 Å². The van der Waals surface area contributed by atoms with Gasteiger partial charge in [0.05, 0.1) is 0 Å². The molecule has 1 aliphatic rings. The van der Waals surface area contributed by atoms with Gasteiger partial charge in [0.1, 0.15) is 0 Å². The van der Waals surface area contributed by atoms with Crippen LogP contribution >= 0.6 is 0 Å². The molecule has 0 amide bonds. The lowest BCUT2D eigenvalue weighted by atomic mass is 10.1. The fraction of sp³-hybridized carbons (Fsp3) is 0.692. The Bertz CT molecular complexity index is 396. The third kappa shape index (κ3) is 2.34. The number of aryl methyl sites for hydroxylation is 1. The minimum absolute atomic E-state index is 0.408. The first kappa shape index (κ1) is 11.4. The lowest BCUT2D eigenvalue weighted by Crippen LogP contribution is -2.12. The fourth-order valence-electron chi connectivity index (χ4n) is 1.82. The van der Waals surface area contributed by atoms with Crippen molar-refractivity contribution in [3.63, 3.8) is 0 Å². The average Bonchev–Trinajstić information content (AvgIpc) is 2.72. The summed E-state index contributed by atoms with van der Waals surface area (Å²) < 4.78 is 0. The molecular formula is C13H21N3. The van der Waals surface area contributed by atoms with Gasteiger partial charge in [0, 0.05) is 17.4 Å². The highest BCUT2D eigenvalue weighted by atomic mass is 15.1. The van der Waals surface area contributed by atoms with Gasteiger partial charge in [0.2, 0.25) is 5.95 Å². The summed E-state index contributed by atoms with van der Waals surface area (Å²) in [5.74, 6) is 1.24. The van der Waals surface area contributed by atoms with Gasteiger partial charge in [0.25, 0.3) is 0 Å². The molecule has 1 fully saturated rings. The Kier molecular flexibility index (Phi) is 2.64. The van der Waals surface area contributed by atoms with E-state index in [4.69, 9.17) is 0 Å². The van der Waals surface area contributed by atoms with Crippen LogP contribution in [0.4, 0.5) is 5.95 Å². The van der Waals surface area contributed by atoms with Gasteiger partial charge in [-0.15, -0.1) is 0 Å². The summed E-state index contributed by atoms with van der Waals surface area (Å²) in [6.07, 6.45) is 1.21. The van der Waals surface area contributed by atoms with Crippen LogP contribution in [0.15, 0.2) is 6.07 Å². The first-order valence-electron chi connectivity index (χ1n) is 6.00. The summed E-state index contributed by atoms with van der Waals surface area (Å²) in [5, 5.41) is 3.42. The molecule has 0 saturated heterocycles. The highest BCUT2D eigenvalue weighted by molar-refractivity contribution is 5.34. The number of aromatic nitrogens is 2. The molecule has 2 rings (SSSR count). The Morgan fingerprint density at radius 3 is 2.50 bits per heavy atom. The number of anilines is 1. The van der Waals surface area contributed by atoms with Crippen molar-refractivity contribution in [2.45, 2.75) is 53.0 Å². The van der Waals surface area contributed by atoms with E-state index in [2.05, 4.69) is 49.0 Å². The fourth-order valence-corrected chi connectivity index (χ4v) is 1.82. The van der Waals surface area contributed by atoms with Crippen molar-refractivity contribution in [1.82, 2.24) is 9.97 Å². The van der Waals surface area contributed by atoms with E-state index in [0.29, 0.717) is 17.4 Å². The Morgan fingerprint density at radius 2 is 2.00 bits per heavy atom. The molecule has 0 aromatic carbocycles. The van der Waals surface area contributed by atoms with Crippen LogP contribution in [0.1, 0.15) is 51.4 Å². The number of nitrogens with zero attached hydrogens (tertiary/aromatic N) is 2. The van der Waals surface area contributed by atoms with Crippen LogP contribution in [0.3, 0.4) is 0 Å². The van der Waals surface area contributed by atoms with Gasteiger partial charge < -0.3 is 5.32 Å². The minimum atomic E-state index is 0.408. The first-order chi connectivity index (χ1) is 7.38. The molecule has 1 atom stereocenters. The molecule has 1 aliphatic carbocycles. The van der Waals surface area contributed by atoms with Gasteiger partial charge in [-0.2, -0.15) is 0 Å². The Morgan fingerprint density at radius 1 is 1.38 bits per heavy atom. The van der Waals surface area contributed by atoms with Crippen LogP contribution in [0, 0.1) is 12.3 Å². The number of nitrogens with one attached hydrogen (secondary N) is 1. The molecule has 0 aliphatic heterocycles. The van der Waals surface area contributed by atoms with Crippen LogP contribution in [-0.4, -0.2) is 16.0 Å². The summed E-state index contributed by atoms with van der Waals surface area (Å²) in [4.78, 5) is 9.00. The molecule has 0 bridgehead atoms. The second-order valence-electron chi connectivity index (χ2n) is 5.80. The highest BCUT2D eigenvalue weighted by Crippen LogP contribution is 2.46. The second kappa shape index (κ2) is 3.72. The predicted octanol–water partition coefficient (Wildman–Crippen LogP) is 3.12. The van der Waals surface area contributed by atoms with Gasteiger partial charge in [-0.25, -0.2) is 9.97 Å². The lowest BCUT2D eigenvalue weighted by molar-refractivity contribution is 0.628. The third-order valence-corrected chi connectivity index (χ3v) is 3.28. The maximum Gasteiger partial charge on any atom is 0.223 e. The molecule has 1 saturated carbocycles. The summed E-state index contributed by atoms with van der Waals surface area (Å²) >= 11 is 0. The topological polar surface area (TPSA) is 37.8 Å². The van der Waals surface area contributed by atoms with Crippen LogP contribution < -0.4 is 5.32 Å².